The maximum absolute atomic E-state index is 13.5. The lowest BCUT2D eigenvalue weighted by molar-refractivity contribution is -0.137. The van der Waals surface area contributed by atoms with Gasteiger partial charge >= 0.3 is 6.18 Å². The van der Waals surface area contributed by atoms with E-state index in [1.54, 1.807) is 18.4 Å². The van der Waals surface area contributed by atoms with Gasteiger partial charge in [0.2, 0.25) is 5.95 Å². The van der Waals surface area contributed by atoms with E-state index in [1.165, 1.54) is 29.5 Å². The fourth-order valence-electron chi connectivity index (χ4n) is 4.15. The summed E-state index contributed by atoms with van der Waals surface area (Å²) in [6.45, 7) is 2.00. The highest BCUT2D eigenvalue weighted by Crippen LogP contribution is 2.44. The van der Waals surface area contributed by atoms with E-state index in [9.17, 15) is 26.0 Å². The Morgan fingerprint density at radius 1 is 1.08 bits per heavy atom. The van der Waals surface area contributed by atoms with Crippen LogP contribution >= 0.6 is 11.3 Å². The van der Waals surface area contributed by atoms with Crippen LogP contribution < -0.4 is 9.46 Å². The van der Waals surface area contributed by atoms with Gasteiger partial charge in [-0.15, -0.1) is 11.3 Å². The topological polar surface area (TPSA) is 94.1 Å². The van der Waals surface area contributed by atoms with Crippen LogP contribution in [0.25, 0.3) is 11.3 Å². The Balaban J connectivity index is 1.54. The molecule has 37 heavy (non-hydrogen) atoms. The van der Waals surface area contributed by atoms with E-state index in [2.05, 4.69) is 19.7 Å². The first-order valence-corrected chi connectivity index (χ1v) is 13.3. The quantitative estimate of drug-likeness (QED) is 0.317. The van der Waals surface area contributed by atoms with Gasteiger partial charge in [-0.3, -0.25) is 0 Å². The number of hydrogen-bond acceptors (Lipinski definition) is 7. The lowest BCUT2D eigenvalue weighted by atomic mass is 9.83. The number of halogens is 4. The van der Waals surface area contributed by atoms with Gasteiger partial charge in [0, 0.05) is 28.5 Å². The van der Waals surface area contributed by atoms with E-state index in [-0.39, 0.29) is 23.4 Å². The fraction of sp³-hybridized carbons (Fsp3) is 0.208. The number of nitrogens with one attached hydrogen (secondary N) is 1. The van der Waals surface area contributed by atoms with Gasteiger partial charge in [0.05, 0.1) is 40.2 Å². The number of nitrogens with zero attached hydrogens (tertiary/aromatic N) is 3. The Morgan fingerprint density at radius 3 is 2.49 bits per heavy atom. The largest absolute Gasteiger partial charge is 0.493 e. The van der Waals surface area contributed by atoms with E-state index in [1.807, 2.05) is 0 Å². The van der Waals surface area contributed by atoms with Crippen LogP contribution in [0.3, 0.4) is 0 Å². The minimum atomic E-state index is -4.52. The summed E-state index contributed by atoms with van der Waals surface area (Å²) < 4.78 is 87.2. The number of fused-ring (bicyclic) bond motifs is 1. The summed E-state index contributed by atoms with van der Waals surface area (Å²) >= 11 is 1.34. The molecule has 3 heterocycles. The van der Waals surface area contributed by atoms with Crippen LogP contribution in [0.15, 0.2) is 59.1 Å². The SMILES string of the molecule is Cc1nc(-c2cc(C(F)(F)F)ccc2[C@H]2CCOc3cc(S(=O)(=O)Nc4ncc(F)cn4)ccc32)cs1. The molecule has 1 N–H and O–H groups in total. The number of ether oxygens (including phenoxy) is 1. The highest BCUT2D eigenvalue weighted by molar-refractivity contribution is 7.92. The van der Waals surface area contributed by atoms with Crippen molar-refractivity contribution in [1.29, 1.82) is 0 Å². The third-order valence-electron chi connectivity index (χ3n) is 5.83. The third-order valence-corrected chi connectivity index (χ3v) is 7.93. The number of anilines is 1. The predicted octanol–water partition coefficient (Wildman–Crippen LogP) is 5.78. The van der Waals surface area contributed by atoms with Crippen LogP contribution in [0.2, 0.25) is 0 Å². The first kappa shape index (κ1) is 25.1. The number of aryl methyl sites for hydroxylation is 1. The average molecular weight is 551 g/mol. The summed E-state index contributed by atoms with van der Waals surface area (Å²) in [5.74, 6) is -1.08. The second kappa shape index (κ2) is 9.38. The molecule has 0 saturated heterocycles. The zero-order valence-corrected chi connectivity index (χ0v) is 20.7. The molecule has 0 spiro atoms. The molecule has 0 radical (unpaired) electrons. The lowest BCUT2D eigenvalue weighted by Gasteiger charge is -2.28. The van der Waals surface area contributed by atoms with Crippen LogP contribution in [-0.2, 0) is 16.2 Å². The third kappa shape index (κ3) is 5.14. The molecule has 5 rings (SSSR count). The second-order valence-corrected chi connectivity index (χ2v) is 11.0. The van der Waals surface area contributed by atoms with E-state index in [0.29, 0.717) is 34.6 Å². The molecule has 0 saturated carbocycles. The monoisotopic (exact) mass is 550 g/mol. The molecule has 0 unspecified atom stereocenters. The molecule has 2 aromatic carbocycles. The standard InChI is InChI=1S/C24H18F4N4O3S2/c1-13-31-21(12-36-13)20-8-14(24(26,27)28)2-4-17(20)18-6-7-35-22-9-16(3-5-19(18)22)37(33,34)32-23-29-10-15(25)11-30-23/h2-5,8-12,18H,6-7H2,1H3,(H,29,30,32)/t18-/m1/s1. The molecule has 4 aromatic rings. The second-order valence-electron chi connectivity index (χ2n) is 8.27. The molecular weight excluding hydrogens is 532 g/mol. The van der Waals surface area contributed by atoms with Gasteiger partial charge in [0.1, 0.15) is 5.75 Å². The van der Waals surface area contributed by atoms with Gasteiger partial charge in [0.15, 0.2) is 5.82 Å². The summed E-state index contributed by atoms with van der Waals surface area (Å²) in [4.78, 5) is 11.5. The number of aromatic nitrogens is 3. The van der Waals surface area contributed by atoms with E-state index >= 15 is 0 Å². The van der Waals surface area contributed by atoms with Crippen molar-refractivity contribution in [2.24, 2.45) is 0 Å². The molecule has 1 atom stereocenters. The number of hydrogen-bond donors (Lipinski definition) is 1. The summed E-state index contributed by atoms with van der Waals surface area (Å²) in [5.41, 5.74) is 1.30. The van der Waals surface area contributed by atoms with Crippen molar-refractivity contribution >= 4 is 27.3 Å². The van der Waals surface area contributed by atoms with Gasteiger partial charge in [-0.05, 0) is 37.1 Å². The Kier molecular flexibility index (Phi) is 6.36. The van der Waals surface area contributed by atoms with Crippen molar-refractivity contribution in [3.8, 4) is 17.0 Å². The summed E-state index contributed by atoms with van der Waals surface area (Å²) in [5, 5.41) is 2.44. The van der Waals surface area contributed by atoms with Crippen molar-refractivity contribution in [2.45, 2.75) is 30.3 Å². The molecule has 1 aliphatic rings. The van der Waals surface area contributed by atoms with E-state index in [4.69, 9.17) is 4.74 Å². The number of sulfonamides is 1. The van der Waals surface area contributed by atoms with Gasteiger partial charge in [-0.2, -0.15) is 13.2 Å². The predicted molar refractivity (Wildman–Crippen MR) is 128 cm³/mol. The number of benzene rings is 2. The minimum Gasteiger partial charge on any atom is -0.493 e. The van der Waals surface area contributed by atoms with Crippen LogP contribution in [0.4, 0.5) is 23.5 Å². The first-order valence-electron chi connectivity index (χ1n) is 10.9. The molecule has 0 fully saturated rings. The summed E-state index contributed by atoms with van der Waals surface area (Å²) in [6, 6.07) is 7.87. The molecule has 0 amide bonds. The van der Waals surface area contributed by atoms with Crippen LogP contribution in [0.5, 0.6) is 5.75 Å². The Hall–Kier alpha value is -3.58. The smallest absolute Gasteiger partial charge is 0.416 e. The average Bonchev–Trinajstić information content (AvgIpc) is 3.30. The van der Waals surface area contributed by atoms with Crippen LogP contribution in [0.1, 0.15) is 34.0 Å². The number of rotatable bonds is 5. The van der Waals surface area contributed by atoms with Crippen LogP contribution in [0, 0.1) is 12.7 Å². The number of alkyl halides is 3. The Labute approximate surface area is 213 Å². The summed E-state index contributed by atoms with van der Waals surface area (Å²) in [6.07, 6.45) is -2.38. The fourth-order valence-corrected chi connectivity index (χ4v) is 5.74. The van der Waals surface area contributed by atoms with Crippen molar-refractivity contribution in [1.82, 2.24) is 15.0 Å². The van der Waals surface area contributed by atoms with Crippen LogP contribution in [-0.4, -0.2) is 30.0 Å². The zero-order chi connectivity index (χ0) is 26.4. The molecular formula is C24H18F4N4O3S2. The molecule has 1 aliphatic heterocycles. The summed E-state index contributed by atoms with van der Waals surface area (Å²) in [7, 11) is -4.12. The van der Waals surface area contributed by atoms with Crippen molar-refractivity contribution in [3.63, 3.8) is 0 Å². The van der Waals surface area contributed by atoms with Gasteiger partial charge < -0.3 is 4.74 Å². The van der Waals surface area contributed by atoms with Crippen molar-refractivity contribution in [2.75, 3.05) is 11.3 Å². The van der Waals surface area contributed by atoms with E-state index in [0.717, 1.165) is 29.5 Å². The molecule has 192 valence electrons. The molecule has 7 nitrogen and oxygen atoms in total. The van der Waals surface area contributed by atoms with Gasteiger partial charge in [-0.1, -0.05) is 12.1 Å². The normalized spacial score (nSPS) is 15.6. The Morgan fingerprint density at radius 2 is 1.81 bits per heavy atom. The lowest BCUT2D eigenvalue weighted by Crippen LogP contribution is -2.19. The molecule has 2 aromatic heterocycles. The van der Waals surface area contributed by atoms with Crippen molar-refractivity contribution < 1.29 is 30.7 Å². The van der Waals surface area contributed by atoms with Crippen molar-refractivity contribution in [3.05, 3.63) is 81.7 Å². The highest BCUT2D eigenvalue weighted by atomic mass is 32.2. The van der Waals surface area contributed by atoms with Gasteiger partial charge in [-0.25, -0.2) is 32.5 Å². The van der Waals surface area contributed by atoms with Gasteiger partial charge in [0.25, 0.3) is 10.0 Å². The molecule has 13 heteroatoms. The minimum absolute atomic E-state index is 0.136. The van der Waals surface area contributed by atoms with E-state index < -0.39 is 27.6 Å². The molecule has 0 bridgehead atoms. The Bertz CT molecular complexity index is 1570. The first-order chi connectivity index (χ1) is 17.5. The maximum atomic E-state index is 13.5. The number of thiazole rings is 1. The highest BCUT2D eigenvalue weighted by Gasteiger charge is 2.33. The molecule has 0 aliphatic carbocycles. The maximum Gasteiger partial charge on any atom is 0.416 e. The zero-order valence-electron chi connectivity index (χ0n) is 19.1.